The first kappa shape index (κ1) is 21.3. The second-order valence-corrected chi connectivity index (χ2v) is 10.4. The Morgan fingerprint density at radius 2 is 1.89 bits per heavy atom. The number of carbonyl (C=O) groups excluding carboxylic acids is 2. The summed E-state index contributed by atoms with van der Waals surface area (Å²) in [5.41, 5.74) is 0.920. The fraction of sp³-hybridized carbons (Fsp3) is 0.263. The molecular weight excluding hydrogens is 511 g/mol. The second kappa shape index (κ2) is 9.38. The van der Waals surface area contributed by atoms with Crippen LogP contribution in [-0.2, 0) is 26.0 Å². The number of hydrogen-bond acceptors (Lipinski definition) is 5. The zero-order chi connectivity index (χ0) is 20.1. The lowest BCUT2D eigenvalue weighted by Crippen LogP contribution is -2.50. The summed E-state index contributed by atoms with van der Waals surface area (Å²) in [6.45, 7) is 0. The Kier molecular flexibility index (Phi) is 7.13. The summed E-state index contributed by atoms with van der Waals surface area (Å²) in [4.78, 5) is 24.4. The molecule has 0 aromatic heterocycles. The van der Waals surface area contributed by atoms with Crippen molar-refractivity contribution >= 4 is 56.6 Å². The molecule has 0 aliphatic carbocycles. The predicted octanol–water partition coefficient (Wildman–Crippen LogP) is 2.28. The van der Waals surface area contributed by atoms with Gasteiger partial charge in [0, 0.05) is 9.32 Å². The highest BCUT2D eigenvalue weighted by Crippen LogP contribution is 2.28. The van der Waals surface area contributed by atoms with Crippen LogP contribution < -0.4 is 5.32 Å². The first-order valence-corrected chi connectivity index (χ1v) is 12.2. The van der Waals surface area contributed by atoms with E-state index in [-0.39, 0.29) is 10.8 Å². The van der Waals surface area contributed by atoms with Gasteiger partial charge in [-0.1, -0.05) is 30.3 Å². The number of aldehydes is 1. The Morgan fingerprint density at radius 1 is 1.21 bits per heavy atom. The van der Waals surface area contributed by atoms with Crippen LogP contribution in [0.1, 0.15) is 5.56 Å². The molecule has 28 heavy (non-hydrogen) atoms. The van der Waals surface area contributed by atoms with Crippen molar-refractivity contribution in [1.82, 2.24) is 9.62 Å². The van der Waals surface area contributed by atoms with Crippen LogP contribution in [0.3, 0.4) is 0 Å². The molecule has 1 unspecified atom stereocenters. The Hall–Kier alpha value is -1.43. The third kappa shape index (κ3) is 4.94. The number of hydrogen-bond donors (Lipinski definition) is 1. The summed E-state index contributed by atoms with van der Waals surface area (Å²) < 4.78 is 28.1. The van der Waals surface area contributed by atoms with Gasteiger partial charge in [-0.25, -0.2) is 8.42 Å². The summed E-state index contributed by atoms with van der Waals surface area (Å²) in [5.74, 6) is 0.107. The lowest BCUT2D eigenvalue weighted by molar-refractivity contribution is -0.126. The van der Waals surface area contributed by atoms with E-state index < -0.39 is 28.0 Å². The van der Waals surface area contributed by atoms with Crippen LogP contribution in [0.5, 0.6) is 0 Å². The smallest absolute Gasteiger partial charge is 0.244 e. The minimum Gasteiger partial charge on any atom is -0.345 e. The molecule has 9 heteroatoms. The zero-order valence-electron chi connectivity index (χ0n) is 14.8. The average Bonchev–Trinajstić information content (AvgIpc) is 3.19. The highest BCUT2D eigenvalue weighted by atomic mass is 127. The van der Waals surface area contributed by atoms with Crippen molar-refractivity contribution < 1.29 is 18.0 Å². The molecule has 6 nitrogen and oxygen atoms in total. The molecule has 2 aromatic carbocycles. The van der Waals surface area contributed by atoms with Crippen LogP contribution in [0.2, 0.25) is 0 Å². The van der Waals surface area contributed by atoms with E-state index in [0.29, 0.717) is 18.5 Å². The Morgan fingerprint density at radius 3 is 2.54 bits per heavy atom. The summed E-state index contributed by atoms with van der Waals surface area (Å²) >= 11 is 3.48. The third-order valence-electron chi connectivity index (χ3n) is 4.36. The number of halogens is 1. The molecule has 1 aliphatic rings. The number of nitrogens with zero attached hydrogens (tertiary/aromatic N) is 1. The van der Waals surface area contributed by atoms with Crippen molar-refractivity contribution in [3.8, 4) is 0 Å². The van der Waals surface area contributed by atoms with Crippen LogP contribution in [-0.4, -0.2) is 48.6 Å². The van der Waals surface area contributed by atoms with E-state index in [4.69, 9.17) is 0 Å². The monoisotopic (exact) mass is 530 g/mol. The Labute approximate surface area is 182 Å². The van der Waals surface area contributed by atoms with Crippen LogP contribution in [0.25, 0.3) is 0 Å². The molecule has 3 rings (SSSR count). The molecule has 1 N–H and O–H groups in total. The fourth-order valence-corrected chi connectivity index (χ4v) is 6.40. The van der Waals surface area contributed by atoms with Crippen molar-refractivity contribution in [1.29, 1.82) is 0 Å². The van der Waals surface area contributed by atoms with Gasteiger partial charge in [0.2, 0.25) is 15.9 Å². The summed E-state index contributed by atoms with van der Waals surface area (Å²) in [6, 6.07) is 14.3. The lowest BCUT2D eigenvalue weighted by atomic mass is 10.1. The summed E-state index contributed by atoms with van der Waals surface area (Å²) in [5, 5.41) is 2.69. The normalized spacial score (nSPS) is 18.5. The maximum absolute atomic E-state index is 13.0. The van der Waals surface area contributed by atoms with Crippen molar-refractivity contribution in [3.63, 3.8) is 0 Å². The minimum atomic E-state index is -3.79. The van der Waals surface area contributed by atoms with E-state index in [9.17, 15) is 18.0 Å². The van der Waals surface area contributed by atoms with Crippen molar-refractivity contribution in [2.45, 2.75) is 23.4 Å². The molecule has 148 valence electrons. The second-order valence-electron chi connectivity index (χ2n) is 6.30. The molecule has 1 fully saturated rings. The van der Waals surface area contributed by atoms with Gasteiger partial charge < -0.3 is 10.1 Å². The standard InChI is InChI=1S/C19H19IN2O4S2/c20-15-6-8-17(9-7-15)28(25,26)22-13-27-12-18(22)19(24)21-16(11-23)10-14-4-2-1-3-5-14/h1-9,11,16,18H,10,12-13H2,(H,21,24)/t16?,18-/m1/s1. The molecule has 1 aliphatic heterocycles. The van der Waals surface area contributed by atoms with Gasteiger partial charge in [0.15, 0.2) is 0 Å². The molecule has 1 heterocycles. The predicted molar refractivity (Wildman–Crippen MR) is 117 cm³/mol. The van der Waals surface area contributed by atoms with Crippen LogP contribution in [0, 0.1) is 3.57 Å². The highest BCUT2D eigenvalue weighted by molar-refractivity contribution is 14.1. The molecule has 0 spiro atoms. The van der Waals surface area contributed by atoms with Crippen molar-refractivity contribution in [2.24, 2.45) is 0 Å². The fourth-order valence-electron chi connectivity index (χ4n) is 2.89. The van der Waals surface area contributed by atoms with Gasteiger partial charge in [-0.3, -0.25) is 4.79 Å². The minimum absolute atomic E-state index is 0.157. The SMILES string of the molecule is O=CC(Cc1ccccc1)NC(=O)[C@H]1CSCN1S(=O)(=O)c1ccc(I)cc1. The number of nitrogens with one attached hydrogen (secondary N) is 1. The van der Waals surface area contributed by atoms with Gasteiger partial charge >= 0.3 is 0 Å². The van der Waals surface area contributed by atoms with Crippen molar-refractivity contribution in [2.75, 3.05) is 11.6 Å². The molecule has 0 bridgehead atoms. The average molecular weight is 530 g/mol. The van der Waals surface area contributed by atoms with E-state index in [1.165, 1.54) is 16.1 Å². The molecule has 0 saturated carbocycles. The molecule has 1 saturated heterocycles. The van der Waals surface area contributed by atoms with Gasteiger partial charge in [0.1, 0.15) is 12.3 Å². The Bertz CT molecular complexity index is 936. The lowest BCUT2D eigenvalue weighted by Gasteiger charge is -2.24. The first-order valence-electron chi connectivity index (χ1n) is 8.56. The van der Waals surface area contributed by atoms with Gasteiger partial charge in [-0.15, -0.1) is 11.8 Å². The van der Waals surface area contributed by atoms with Crippen LogP contribution in [0.4, 0.5) is 0 Å². The van der Waals surface area contributed by atoms with E-state index in [1.54, 1.807) is 24.3 Å². The number of carbonyl (C=O) groups is 2. The van der Waals surface area contributed by atoms with Gasteiger partial charge in [-0.05, 0) is 58.8 Å². The van der Waals surface area contributed by atoms with Crippen LogP contribution in [0.15, 0.2) is 59.5 Å². The zero-order valence-corrected chi connectivity index (χ0v) is 18.6. The molecule has 0 radical (unpaired) electrons. The van der Waals surface area contributed by atoms with Crippen molar-refractivity contribution in [3.05, 3.63) is 63.7 Å². The largest absolute Gasteiger partial charge is 0.345 e. The first-order chi connectivity index (χ1) is 13.4. The van der Waals surface area contributed by atoms with E-state index in [2.05, 4.69) is 27.9 Å². The van der Waals surface area contributed by atoms with Gasteiger partial charge in [0.25, 0.3) is 0 Å². The van der Waals surface area contributed by atoms with E-state index in [1.807, 2.05) is 30.3 Å². The van der Waals surface area contributed by atoms with Gasteiger partial charge in [-0.2, -0.15) is 4.31 Å². The molecular formula is C19H19IN2O4S2. The third-order valence-corrected chi connectivity index (χ3v) is 8.12. The molecule has 2 aromatic rings. The van der Waals surface area contributed by atoms with E-state index in [0.717, 1.165) is 9.13 Å². The Balaban J connectivity index is 1.73. The number of thioether (sulfide) groups is 1. The number of benzene rings is 2. The molecule has 2 atom stereocenters. The highest BCUT2D eigenvalue weighted by Gasteiger charge is 2.40. The number of rotatable bonds is 7. The maximum atomic E-state index is 13.0. The topological polar surface area (TPSA) is 83.6 Å². The van der Waals surface area contributed by atoms with E-state index >= 15 is 0 Å². The van der Waals surface area contributed by atoms with Crippen LogP contribution >= 0.6 is 34.4 Å². The quantitative estimate of drug-likeness (QED) is 0.439. The molecule has 1 amide bonds. The number of amides is 1. The maximum Gasteiger partial charge on any atom is 0.244 e. The summed E-state index contributed by atoms with van der Waals surface area (Å²) in [7, 11) is -3.79. The number of sulfonamides is 1. The summed E-state index contributed by atoms with van der Waals surface area (Å²) in [6.07, 6.45) is 1.05. The van der Waals surface area contributed by atoms with Gasteiger partial charge in [0.05, 0.1) is 16.8 Å².